The fourth-order valence-electron chi connectivity index (χ4n) is 3.83. The van der Waals surface area contributed by atoms with Crippen molar-refractivity contribution < 1.29 is 28.7 Å². The molecule has 1 aromatic rings. The zero-order chi connectivity index (χ0) is 30.7. The lowest BCUT2D eigenvalue weighted by molar-refractivity contribution is -0.151. The number of hydrogen-bond acceptors (Lipinski definition) is 10. The van der Waals surface area contributed by atoms with Crippen LogP contribution in [0.1, 0.15) is 87.6 Å². The summed E-state index contributed by atoms with van der Waals surface area (Å²) in [5.41, 5.74) is 0.105. The Morgan fingerprint density at radius 2 is 1.93 bits per heavy atom. The first-order valence-corrected chi connectivity index (χ1v) is 17.4. The molecule has 0 saturated carbocycles. The van der Waals surface area contributed by atoms with Crippen molar-refractivity contribution in [2.75, 3.05) is 17.3 Å². The molecule has 2 bridgehead atoms. The summed E-state index contributed by atoms with van der Waals surface area (Å²) in [5.74, 6) is -0.703. The summed E-state index contributed by atoms with van der Waals surface area (Å²) in [5, 5.41) is 10.2. The van der Waals surface area contributed by atoms with Crippen molar-refractivity contribution in [1.82, 2.24) is 20.9 Å². The van der Waals surface area contributed by atoms with Crippen LogP contribution in [0.4, 0.5) is 0 Å². The van der Waals surface area contributed by atoms with E-state index in [9.17, 15) is 24.0 Å². The molecular formula is C29H42N4O6S3. The number of carbonyl (C=O) groups excluding carboxylic acids is 5. The number of ether oxygens (including phenoxy) is 1. The minimum absolute atomic E-state index is 0.0151. The molecule has 232 valence electrons. The molecule has 1 aliphatic rings. The van der Waals surface area contributed by atoms with Crippen molar-refractivity contribution in [3.8, 4) is 0 Å². The van der Waals surface area contributed by atoms with E-state index in [-0.39, 0.29) is 41.1 Å². The van der Waals surface area contributed by atoms with Crippen molar-refractivity contribution in [3.05, 3.63) is 40.0 Å². The van der Waals surface area contributed by atoms with Crippen LogP contribution in [0.15, 0.2) is 29.3 Å². The first kappa shape index (κ1) is 35.6. The van der Waals surface area contributed by atoms with Gasteiger partial charge in [0.1, 0.15) is 28.5 Å². The molecule has 3 N–H and O–H groups in total. The summed E-state index contributed by atoms with van der Waals surface area (Å²) in [6.45, 7) is 5.79. The van der Waals surface area contributed by atoms with E-state index in [0.717, 1.165) is 19.3 Å². The Labute approximate surface area is 260 Å². The van der Waals surface area contributed by atoms with Gasteiger partial charge in [0, 0.05) is 23.3 Å². The second-order valence-corrected chi connectivity index (χ2v) is 12.9. The fraction of sp³-hybridized carbons (Fsp3) is 0.586. The molecule has 1 aliphatic heterocycles. The van der Waals surface area contributed by atoms with Crippen LogP contribution in [-0.2, 0) is 30.5 Å². The number of thiazole rings is 1. The van der Waals surface area contributed by atoms with Gasteiger partial charge in [-0.05, 0) is 31.6 Å². The maximum Gasteiger partial charge on any atom is 0.330 e. The van der Waals surface area contributed by atoms with Crippen molar-refractivity contribution in [1.29, 1.82) is 0 Å². The van der Waals surface area contributed by atoms with Gasteiger partial charge in [-0.1, -0.05) is 63.4 Å². The van der Waals surface area contributed by atoms with Crippen LogP contribution in [0.25, 0.3) is 0 Å². The molecule has 3 amide bonds. The lowest BCUT2D eigenvalue weighted by Crippen LogP contribution is -2.47. The third-order valence-electron chi connectivity index (χ3n) is 6.12. The van der Waals surface area contributed by atoms with E-state index < -0.39 is 29.9 Å². The second kappa shape index (κ2) is 20.3. The minimum atomic E-state index is -1.00. The van der Waals surface area contributed by atoms with E-state index in [0.29, 0.717) is 29.4 Å². The van der Waals surface area contributed by atoms with E-state index in [1.807, 2.05) is 6.92 Å². The maximum absolute atomic E-state index is 13.2. The van der Waals surface area contributed by atoms with Gasteiger partial charge >= 0.3 is 5.97 Å². The van der Waals surface area contributed by atoms with E-state index in [2.05, 4.69) is 27.9 Å². The first-order valence-electron chi connectivity index (χ1n) is 14.4. The van der Waals surface area contributed by atoms with Crippen LogP contribution in [-0.4, -0.2) is 63.2 Å². The Bertz CT molecular complexity index is 1120. The molecule has 0 unspecified atom stereocenters. The van der Waals surface area contributed by atoms with Gasteiger partial charge in [0.15, 0.2) is 5.12 Å². The summed E-state index contributed by atoms with van der Waals surface area (Å²) in [6, 6.07) is -1.00. The third kappa shape index (κ3) is 13.6. The Balaban J connectivity index is 2.10. The number of allylic oxidation sites excluding steroid dienone is 2. The molecule has 0 aliphatic carbocycles. The van der Waals surface area contributed by atoms with E-state index in [1.165, 1.54) is 53.8 Å². The maximum atomic E-state index is 13.2. The van der Waals surface area contributed by atoms with Crippen molar-refractivity contribution in [2.24, 2.45) is 0 Å². The number of esters is 1. The number of hydrogen-bond donors (Lipinski definition) is 3. The largest absolute Gasteiger partial charge is 0.456 e. The molecular weight excluding hydrogens is 597 g/mol. The van der Waals surface area contributed by atoms with Crippen LogP contribution in [0.3, 0.4) is 0 Å². The molecule has 0 aromatic carbocycles. The zero-order valence-electron chi connectivity index (χ0n) is 24.6. The second-order valence-electron chi connectivity index (χ2n) is 9.53. The number of carbonyl (C=O) groups is 5. The molecule has 2 rings (SSSR count). The zero-order valence-corrected chi connectivity index (χ0v) is 27.0. The predicted molar refractivity (Wildman–Crippen MR) is 169 cm³/mol. The van der Waals surface area contributed by atoms with Gasteiger partial charge in [0.25, 0.3) is 11.8 Å². The molecule has 0 saturated heterocycles. The molecule has 0 radical (unpaired) electrons. The highest BCUT2D eigenvalue weighted by Crippen LogP contribution is 2.15. The number of unbranched alkanes of at least 4 members (excludes halogenated alkanes) is 4. The van der Waals surface area contributed by atoms with Crippen LogP contribution in [0.5, 0.6) is 0 Å². The molecule has 2 heterocycles. The highest BCUT2D eigenvalue weighted by atomic mass is 32.2. The molecule has 2 atom stereocenters. The summed E-state index contributed by atoms with van der Waals surface area (Å²) >= 11 is 3.94. The van der Waals surface area contributed by atoms with Crippen LogP contribution < -0.4 is 16.0 Å². The van der Waals surface area contributed by atoms with Gasteiger partial charge in [-0.25, -0.2) is 9.78 Å². The number of amides is 3. The van der Waals surface area contributed by atoms with Gasteiger partial charge in [0.05, 0.1) is 13.0 Å². The number of fused-ring (bicyclic) bond motifs is 2. The Hall–Kier alpha value is -2.64. The quantitative estimate of drug-likeness (QED) is 0.123. The molecule has 42 heavy (non-hydrogen) atoms. The molecule has 0 fully saturated rings. The van der Waals surface area contributed by atoms with Gasteiger partial charge in [-0.3, -0.25) is 19.2 Å². The number of rotatable bonds is 13. The average Bonchev–Trinajstić information content (AvgIpc) is 3.45. The van der Waals surface area contributed by atoms with Gasteiger partial charge in [-0.15, -0.1) is 11.3 Å². The molecule has 10 nitrogen and oxygen atoms in total. The Morgan fingerprint density at radius 3 is 2.67 bits per heavy atom. The van der Waals surface area contributed by atoms with E-state index in [4.69, 9.17) is 4.74 Å². The lowest BCUT2D eigenvalue weighted by Gasteiger charge is -2.21. The minimum Gasteiger partial charge on any atom is -0.456 e. The highest BCUT2D eigenvalue weighted by molar-refractivity contribution is 8.13. The van der Waals surface area contributed by atoms with Gasteiger partial charge in [0.2, 0.25) is 5.91 Å². The smallest absolute Gasteiger partial charge is 0.330 e. The standard InChI is InChI=1S/C29H42N4O6S3/c1-4-7-8-9-10-14-26(35)41-15-12-11-13-20-16-24(34)30-17-25-31-22(19-42-25)28(37)32-21(5-2)27(36)33-23(18-40-6-3)29(38)39-20/h5,11,13,19-20,23H,4,6-10,12,14-18H2,1-3H3,(H,30,34)(H,32,37)(H,33,36)/b13-11+,21-5-/t20-,23+/m1/s1. The van der Waals surface area contributed by atoms with Crippen molar-refractivity contribution in [3.63, 3.8) is 0 Å². The van der Waals surface area contributed by atoms with E-state index in [1.54, 1.807) is 24.5 Å². The summed E-state index contributed by atoms with van der Waals surface area (Å²) in [7, 11) is 0. The van der Waals surface area contributed by atoms with Crippen LogP contribution in [0, 0.1) is 0 Å². The van der Waals surface area contributed by atoms with Crippen LogP contribution in [0.2, 0.25) is 0 Å². The number of thioether (sulfide) groups is 2. The number of nitrogens with zero attached hydrogens (tertiary/aromatic N) is 1. The van der Waals surface area contributed by atoms with Crippen LogP contribution >= 0.6 is 34.9 Å². The number of nitrogens with one attached hydrogen (secondary N) is 3. The van der Waals surface area contributed by atoms with Gasteiger partial charge in [-0.2, -0.15) is 11.8 Å². The lowest BCUT2D eigenvalue weighted by atomic mass is 10.1. The predicted octanol–water partition coefficient (Wildman–Crippen LogP) is 4.51. The van der Waals surface area contributed by atoms with Crippen molar-refractivity contribution >= 4 is 63.7 Å². The Morgan fingerprint density at radius 1 is 1.14 bits per heavy atom. The molecule has 13 heteroatoms. The molecule has 0 spiro atoms. The first-order chi connectivity index (χ1) is 20.3. The van der Waals surface area contributed by atoms with Gasteiger partial charge < -0.3 is 20.7 Å². The summed E-state index contributed by atoms with van der Waals surface area (Å²) in [6.07, 6.45) is 10.5. The van der Waals surface area contributed by atoms with Crippen molar-refractivity contribution in [2.45, 2.75) is 90.8 Å². The normalized spacial score (nSPS) is 19.8. The number of aromatic nitrogens is 1. The monoisotopic (exact) mass is 638 g/mol. The Kier molecular flexibility index (Phi) is 17.2. The summed E-state index contributed by atoms with van der Waals surface area (Å²) < 4.78 is 5.70. The highest BCUT2D eigenvalue weighted by Gasteiger charge is 2.28. The van der Waals surface area contributed by atoms with E-state index >= 15 is 0 Å². The average molecular weight is 639 g/mol. The SMILES string of the molecule is C/C=C1\NC(=O)c2csc(n2)CNC(=O)C[C@@H](/C=C/CCSC(=O)CCCCCCC)OC(=O)[C@H](CSCC)NC1=O. The fourth-order valence-corrected chi connectivity index (χ4v) is 6.00. The topological polar surface area (TPSA) is 144 Å². The molecule has 1 aromatic heterocycles. The summed E-state index contributed by atoms with van der Waals surface area (Å²) in [4.78, 5) is 67.9. The third-order valence-corrected chi connectivity index (χ3v) is 8.91. The number of cyclic esters (lactones) is 1.